The number of amidine groups is 1. The molecule has 2 heterocycles. The molecule has 1 fully saturated rings. The van der Waals surface area contributed by atoms with Gasteiger partial charge in [0, 0.05) is 49.4 Å². The summed E-state index contributed by atoms with van der Waals surface area (Å²) in [5.41, 5.74) is 10.6. The molecule has 9 heteroatoms. The highest BCUT2D eigenvalue weighted by molar-refractivity contribution is 6.30. The van der Waals surface area contributed by atoms with Gasteiger partial charge in [0.05, 0.1) is 13.2 Å². The number of urea groups is 1. The summed E-state index contributed by atoms with van der Waals surface area (Å²) in [6, 6.07) is 20.4. The van der Waals surface area contributed by atoms with Gasteiger partial charge >= 0.3 is 6.03 Å². The van der Waals surface area contributed by atoms with Crippen molar-refractivity contribution >= 4 is 35.1 Å². The summed E-state index contributed by atoms with van der Waals surface area (Å²) in [6.07, 6.45) is 1.80. The van der Waals surface area contributed by atoms with Crippen LogP contribution in [0.1, 0.15) is 61.5 Å². The van der Waals surface area contributed by atoms with Crippen molar-refractivity contribution in [2.24, 2.45) is 10.9 Å². The first kappa shape index (κ1) is 30.4. The van der Waals surface area contributed by atoms with Crippen LogP contribution in [0.4, 0.5) is 10.5 Å². The number of hydrogen-bond donors (Lipinski definition) is 1. The van der Waals surface area contributed by atoms with Crippen molar-refractivity contribution in [1.82, 2.24) is 14.7 Å². The van der Waals surface area contributed by atoms with Gasteiger partial charge in [0.15, 0.2) is 0 Å². The number of carbonyl (C=O) groups is 2. The number of amides is 3. The van der Waals surface area contributed by atoms with Crippen LogP contribution in [0, 0.1) is 5.92 Å². The van der Waals surface area contributed by atoms with E-state index in [1.54, 1.807) is 18.9 Å². The molecule has 5 rings (SSSR count). The van der Waals surface area contributed by atoms with Gasteiger partial charge in [0.1, 0.15) is 17.6 Å². The minimum atomic E-state index is -0.422. The molecule has 0 bridgehead atoms. The van der Waals surface area contributed by atoms with Crippen molar-refractivity contribution in [2.75, 3.05) is 39.0 Å². The Hall–Kier alpha value is -4.04. The molecule has 3 aromatic rings. The fourth-order valence-electron chi connectivity index (χ4n) is 5.82. The number of rotatable bonds is 7. The molecule has 226 valence electrons. The Bertz CT molecular complexity index is 1480. The molecule has 0 aromatic heterocycles. The lowest BCUT2D eigenvalue weighted by Crippen LogP contribution is -2.55. The van der Waals surface area contributed by atoms with Gasteiger partial charge in [-0.15, -0.1) is 0 Å². The molecule has 1 saturated heterocycles. The lowest BCUT2D eigenvalue weighted by molar-refractivity contribution is -0.130. The number of hydrogen-bond acceptors (Lipinski definition) is 5. The third kappa shape index (κ3) is 6.64. The SMILES string of the molecule is COc1ccc(C2=NC(c3ccc(N)cc3)C(c3ccc(Cl)cc3)N2C(=O)N2CCN(C(C)=O)CC2)c(CCC(C)C)c1. The summed E-state index contributed by atoms with van der Waals surface area (Å²) in [6.45, 7) is 7.87. The second kappa shape index (κ2) is 13.1. The van der Waals surface area contributed by atoms with E-state index in [-0.39, 0.29) is 18.0 Å². The lowest BCUT2D eigenvalue weighted by atomic mass is 9.93. The van der Waals surface area contributed by atoms with Crippen molar-refractivity contribution in [3.8, 4) is 5.75 Å². The first-order valence-corrected chi connectivity index (χ1v) is 15.2. The van der Waals surface area contributed by atoms with E-state index >= 15 is 0 Å². The number of piperazine rings is 1. The summed E-state index contributed by atoms with van der Waals surface area (Å²) in [5.74, 6) is 1.92. The molecule has 2 atom stereocenters. The number of ether oxygens (including phenoxy) is 1. The number of benzene rings is 3. The summed E-state index contributed by atoms with van der Waals surface area (Å²) < 4.78 is 5.60. The normalized spacial score (nSPS) is 18.7. The zero-order valence-corrected chi connectivity index (χ0v) is 26.1. The number of nitrogens with zero attached hydrogens (tertiary/aromatic N) is 4. The van der Waals surface area contributed by atoms with Gasteiger partial charge in [-0.05, 0) is 77.9 Å². The van der Waals surface area contributed by atoms with Gasteiger partial charge in [-0.2, -0.15) is 0 Å². The standard InChI is InChI=1S/C34H40ClN5O3/c1-22(2)5-6-26-21-29(43-4)15-16-30(26)33-37-31(24-9-13-28(36)14-10-24)32(25-7-11-27(35)12-8-25)40(33)34(42)39-19-17-38(18-20-39)23(3)41/h7-16,21-22,31-32H,5-6,17-20,36H2,1-4H3. The maximum atomic E-state index is 14.6. The van der Waals surface area contributed by atoms with Crippen molar-refractivity contribution in [3.05, 3.63) is 94.0 Å². The topological polar surface area (TPSA) is 91.5 Å². The Kier molecular flexibility index (Phi) is 9.25. The predicted molar refractivity (Wildman–Crippen MR) is 172 cm³/mol. The number of nitrogens with two attached hydrogens (primary N) is 1. The number of aliphatic imine (C=N–C) groups is 1. The number of nitrogen functional groups attached to an aromatic ring is 1. The van der Waals surface area contributed by atoms with Crippen molar-refractivity contribution in [1.29, 1.82) is 0 Å². The minimum absolute atomic E-state index is 0.0194. The van der Waals surface area contributed by atoms with E-state index in [0.717, 1.165) is 40.8 Å². The summed E-state index contributed by atoms with van der Waals surface area (Å²) in [7, 11) is 1.67. The number of anilines is 1. The number of aryl methyl sites for hydroxylation is 1. The van der Waals surface area contributed by atoms with Gasteiger partial charge in [0.25, 0.3) is 0 Å². The molecule has 0 aliphatic carbocycles. The highest BCUT2D eigenvalue weighted by atomic mass is 35.5. The Morgan fingerprint density at radius 2 is 1.58 bits per heavy atom. The third-order valence-electron chi connectivity index (χ3n) is 8.30. The van der Waals surface area contributed by atoms with Crippen LogP contribution in [-0.2, 0) is 11.2 Å². The van der Waals surface area contributed by atoms with Crippen LogP contribution in [0.3, 0.4) is 0 Å². The molecule has 0 radical (unpaired) electrons. The zero-order valence-electron chi connectivity index (χ0n) is 25.3. The molecule has 0 saturated carbocycles. The molecule has 2 unspecified atom stereocenters. The third-order valence-corrected chi connectivity index (χ3v) is 8.55. The molecule has 2 aliphatic rings. The van der Waals surface area contributed by atoms with Crippen molar-refractivity contribution in [3.63, 3.8) is 0 Å². The molecule has 0 spiro atoms. The predicted octanol–water partition coefficient (Wildman–Crippen LogP) is 6.35. The number of methoxy groups -OCH3 is 1. The van der Waals surface area contributed by atoms with Gasteiger partial charge < -0.3 is 20.3 Å². The number of halogens is 1. The van der Waals surface area contributed by atoms with Gasteiger partial charge in [0.2, 0.25) is 5.91 Å². The van der Waals surface area contributed by atoms with E-state index in [2.05, 4.69) is 19.9 Å². The van der Waals surface area contributed by atoms with E-state index in [9.17, 15) is 9.59 Å². The molecule has 2 N–H and O–H groups in total. The smallest absolute Gasteiger partial charge is 0.326 e. The second-order valence-corrected chi connectivity index (χ2v) is 12.1. The molecule has 2 aliphatic heterocycles. The van der Waals surface area contributed by atoms with Crippen molar-refractivity contribution in [2.45, 2.75) is 45.7 Å². The van der Waals surface area contributed by atoms with E-state index < -0.39 is 6.04 Å². The van der Waals surface area contributed by atoms with Crippen LogP contribution in [0.2, 0.25) is 5.02 Å². The van der Waals surface area contributed by atoms with Crippen molar-refractivity contribution < 1.29 is 14.3 Å². The summed E-state index contributed by atoms with van der Waals surface area (Å²) >= 11 is 6.31. The molecule has 8 nitrogen and oxygen atoms in total. The van der Waals surface area contributed by atoms with Crippen LogP contribution in [0.5, 0.6) is 5.75 Å². The average molecular weight is 602 g/mol. The maximum absolute atomic E-state index is 14.6. The Balaban J connectivity index is 1.65. The first-order valence-electron chi connectivity index (χ1n) is 14.9. The molecule has 3 aromatic carbocycles. The van der Waals surface area contributed by atoms with Gasteiger partial charge in [-0.25, -0.2) is 4.79 Å². The largest absolute Gasteiger partial charge is 0.497 e. The van der Waals surface area contributed by atoms with Crippen LogP contribution in [0.15, 0.2) is 71.7 Å². The minimum Gasteiger partial charge on any atom is -0.497 e. The summed E-state index contributed by atoms with van der Waals surface area (Å²) in [4.78, 5) is 37.5. The monoisotopic (exact) mass is 601 g/mol. The molecule has 3 amide bonds. The van der Waals surface area contributed by atoms with E-state index in [1.807, 2.05) is 70.5 Å². The highest BCUT2D eigenvalue weighted by Crippen LogP contribution is 2.45. The molecular formula is C34H40ClN5O3. The van der Waals surface area contributed by atoms with E-state index in [4.69, 9.17) is 27.1 Å². The Labute approximate surface area is 259 Å². The first-order chi connectivity index (χ1) is 20.7. The lowest BCUT2D eigenvalue weighted by Gasteiger charge is -2.39. The Morgan fingerprint density at radius 3 is 2.19 bits per heavy atom. The van der Waals surface area contributed by atoms with Crippen LogP contribution < -0.4 is 10.5 Å². The van der Waals surface area contributed by atoms with Gasteiger partial charge in [-0.3, -0.25) is 14.7 Å². The van der Waals surface area contributed by atoms with Gasteiger partial charge in [-0.1, -0.05) is 49.7 Å². The Morgan fingerprint density at radius 1 is 0.953 bits per heavy atom. The van der Waals surface area contributed by atoms with Crippen LogP contribution in [0.25, 0.3) is 0 Å². The fraction of sp³-hybridized carbons (Fsp3) is 0.382. The highest BCUT2D eigenvalue weighted by Gasteiger charge is 2.44. The average Bonchev–Trinajstić information content (AvgIpc) is 3.40. The maximum Gasteiger partial charge on any atom is 0.326 e. The van der Waals surface area contributed by atoms with E-state index in [1.165, 1.54) is 0 Å². The van der Waals surface area contributed by atoms with Crippen LogP contribution in [-0.4, -0.2) is 65.8 Å². The fourth-order valence-corrected chi connectivity index (χ4v) is 5.94. The van der Waals surface area contributed by atoms with E-state index in [0.29, 0.717) is 48.6 Å². The quantitative estimate of drug-likeness (QED) is 0.320. The van der Waals surface area contributed by atoms with Crippen LogP contribution >= 0.6 is 11.6 Å². The molecule has 43 heavy (non-hydrogen) atoms. The zero-order chi connectivity index (χ0) is 30.7. The molecular weight excluding hydrogens is 562 g/mol. The summed E-state index contributed by atoms with van der Waals surface area (Å²) in [5, 5.41) is 0.622. The number of carbonyl (C=O) groups excluding carboxylic acids is 2. The second-order valence-electron chi connectivity index (χ2n) is 11.7.